The first-order chi connectivity index (χ1) is 15.0. The first kappa shape index (κ1) is 22.0. The van der Waals surface area contributed by atoms with Crippen molar-refractivity contribution in [3.05, 3.63) is 29.8 Å². The van der Waals surface area contributed by atoms with Gasteiger partial charge in [0.2, 0.25) is 11.9 Å². The van der Waals surface area contributed by atoms with Crippen molar-refractivity contribution < 1.29 is 18.3 Å². The number of aromatic nitrogens is 3. The van der Waals surface area contributed by atoms with Crippen LogP contribution >= 0.6 is 11.8 Å². The molecule has 168 valence electrons. The minimum atomic E-state index is -0.678. The van der Waals surface area contributed by atoms with E-state index in [1.54, 1.807) is 0 Å². The summed E-state index contributed by atoms with van der Waals surface area (Å²) in [6, 6.07) is 2.96. The highest BCUT2D eigenvalue weighted by Crippen LogP contribution is 2.28. The minimum absolute atomic E-state index is 0.0106. The summed E-state index contributed by atoms with van der Waals surface area (Å²) in [6.07, 6.45) is 4.34. The van der Waals surface area contributed by atoms with Gasteiger partial charge in [-0.3, -0.25) is 9.36 Å². The monoisotopic (exact) mass is 451 g/mol. The second-order valence-electron chi connectivity index (χ2n) is 8.16. The Labute approximate surface area is 184 Å². The highest BCUT2D eigenvalue weighted by molar-refractivity contribution is 7.99. The maximum atomic E-state index is 13.8. The van der Waals surface area contributed by atoms with Crippen molar-refractivity contribution in [2.24, 2.45) is 5.92 Å². The summed E-state index contributed by atoms with van der Waals surface area (Å²) in [5.41, 5.74) is -0.172. The van der Waals surface area contributed by atoms with Gasteiger partial charge in [0.05, 0.1) is 24.1 Å². The second-order valence-corrected chi connectivity index (χ2v) is 9.10. The van der Waals surface area contributed by atoms with Crippen LogP contribution in [-0.2, 0) is 16.1 Å². The van der Waals surface area contributed by atoms with Crippen molar-refractivity contribution in [3.8, 4) is 0 Å². The molecule has 7 nitrogen and oxygen atoms in total. The lowest BCUT2D eigenvalue weighted by atomic mass is 10.00. The van der Waals surface area contributed by atoms with Gasteiger partial charge in [-0.05, 0) is 43.7 Å². The molecule has 1 atom stereocenters. The average molecular weight is 452 g/mol. The van der Waals surface area contributed by atoms with Crippen LogP contribution in [-0.4, -0.2) is 52.2 Å². The molecule has 0 bridgehead atoms. The van der Waals surface area contributed by atoms with Gasteiger partial charge in [0.1, 0.15) is 11.6 Å². The van der Waals surface area contributed by atoms with Crippen LogP contribution in [0.2, 0.25) is 0 Å². The summed E-state index contributed by atoms with van der Waals surface area (Å²) in [6.45, 7) is 5.50. The third-order valence-electron chi connectivity index (χ3n) is 5.71. The van der Waals surface area contributed by atoms with Crippen LogP contribution in [0.4, 0.5) is 20.4 Å². The fraction of sp³-hybridized carbons (Fsp3) is 0.571. The van der Waals surface area contributed by atoms with E-state index in [0.29, 0.717) is 17.6 Å². The van der Waals surface area contributed by atoms with E-state index in [4.69, 9.17) is 4.74 Å². The van der Waals surface area contributed by atoms with Crippen LogP contribution in [0.15, 0.2) is 23.4 Å². The minimum Gasteiger partial charge on any atom is -0.376 e. The summed E-state index contributed by atoms with van der Waals surface area (Å²) in [4.78, 5) is 14.6. The normalized spacial score (nSPS) is 19.7. The number of anilines is 2. The molecule has 10 heteroatoms. The van der Waals surface area contributed by atoms with Crippen molar-refractivity contribution in [1.82, 2.24) is 14.8 Å². The average Bonchev–Trinajstić information content (AvgIpc) is 3.40. The quantitative estimate of drug-likeness (QED) is 0.648. The van der Waals surface area contributed by atoms with E-state index in [9.17, 15) is 13.6 Å². The summed E-state index contributed by atoms with van der Waals surface area (Å²) >= 11 is 1.23. The number of carbonyl (C=O) groups excluding carboxylic acids is 1. The zero-order chi connectivity index (χ0) is 21.8. The standard InChI is InChI=1S/C21H27F2N5O2S/c1-14-6-8-27(9-7-14)20-25-26-21(28(20)12-16-3-2-10-30-16)31-13-19(29)24-18-11-15(22)4-5-17(18)23/h4-5,11,14,16H,2-3,6-10,12-13H2,1H3,(H,24,29). The molecular formula is C21H27F2N5O2S. The number of benzene rings is 1. The molecule has 1 aromatic carbocycles. The molecule has 1 aromatic heterocycles. The molecule has 2 saturated heterocycles. The van der Waals surface area contributed by atoms with Crippen LogP contribution in [0.5, 0.6) is 0 Å². The van der Waals surface area contributed by atoms with Gasteiger partial charge < -0.3 is 15.0 Å². The molecule has 2 aliphatic rings. The Morgan fingerprint density at radius 2 is 2.06 bits per heavy atom. The number of halogens is 2. The van der Waals surface area contributed by atoms with Crippen molar-refractivity contribution >= 4 is 29.3 Å². The third-order valence-corrected chi connectivity index (χ3v) is 6.68. The molecule has 2 aliphatic heterocycles. The number of ether oxygens (including phenoxy) is 1. The number of amides is 1. The Morgan fingerprint density at radius 3 is 2.81 bits per heavy atom. The van der Waals surface area contributed by atoms with Crippen molar-refractivity contribution in [1.29, 1.82) is 0 Å². The van der Waals surface area contributed by atoms with E-state index in [-0.39, 0.29) is 17.5 Å². The van der Waals surface area contributed by atoms with Gasteiger partial charge in [-0.15, -0.1) is 10.2 Å². The smallest absolute Gasteiger partial charge is 0.234 e. The van der Waals surface area contributed by atoms with Gasteiger partial charge in [-0.25, -0.2) is 8.78 Å². The number of piperidine rings is 1. The van der Waals surface area contributed by atoms with E-state index in [0.717, 1.165) is 69.5 Å². The summed E-state index contributed by atoms with van der Waals surface area (Å²) in [5.74, 6) is -0.206. The van der Waals surface area contributed by atoms with Gasteiger partial charge in [0, 0.05) is 25.8 Å². The SMILES string of the molecule is CC1CCN(c2nnc(SCC(=O)Nc3cc(F)ccc3F)n2CC2CCCO2)CC1. The Kier molecular flexibility index (Phi) is 7.06. The lowest BCUT2D eigenvalue weighted by Crippen LogP contribution is -2.35. The Morgan fingerprint density at radius 1 is 1.26 bits per heavy atom. The first-order valence-corrected chi connectivity index (χ1v) is 11.7. The fourth-order valence-corrected chi connectivity index (χ4v) is 4.63. The van der Waals surface area contributed by atoms with E-state index >= 15 is 0 Å². The number of nitrogens with one attached hydrogen (secondary N) is 1. The zero-order valence-electron chi connectivity index (χ0n) is 17.5. The Hall–Kier alpha value is -2.20. The third kappa shape index (κ3) is 5.54. The molecule has 31 heavy (non-hydrogen) atoms. The second kappa shape index (κ2) is 9.95. The molecule has 4 rings (SSSR count). The molecule has 2 aromatic rings. The van der Waals surface area contributed by atoms with E-state index in [2.05, 4.69) is 27.3 Å². The molecule has 2 fully saturated rings. The molecule has 1 amide bonds. The predicted octanol–water partition coefficient (Wildman–Crippen LogP) is 3.70. The van der Waals surface area contributed by atoms with Crippen LogP contribution in [0.1, 0.15) is 32.6 Å². The number of thioether (sulfide) groups is 1. The fourth-order valence-electron chi connectivity index (χ4n) is 3.89. The Bertz CT molecular complexity index is 911. The van der Waals surface area contributed by atoms with Gasteiger partial charge in [0.15, 0.2) is 5.16 Å². The first-order valence-electron chi connectivity index (χ1n) is 10.7. The summed E-state index contributed by atoms with van der Waals surface area (Å²) in [5, 5.41) is 11.8. The van der Waals surface area contributed by atoms with E-state index in [1.807, 2.05) is 4.57 Å². The lowest BCUT2D eigenvalue weighted by Gasteiger charge is -2.31. The maximum Gasteiger partial charge on any atom is 0.234 e. The topological polar surface area (TPSA) is 72.3 Å². The van der Waals surface area contributed by atoms with Crippen LogP contribution in [0.25, 0.3) is 0 Å². The summed E-state index contributed by atoms with van der Waals surface area (Å²) in [7, 11) is 0. The molecule has 1 unspecified atom stereocenters. The van der Waals surface area contributed by atoms with Gasteiger partial charge >= 0.3 is 0 Å². The van der Waals surface area contributed by atoms with Crippen molar-refractivity contribution in [2.75, 3.05) is 35.7 Å². The predicted molar refractivity (Wildman–Crippen MR) is 115 cm³/mol. The largest absolute Gasteiger partial charge is 0.376 e. The zero-order valence-corrected chi connectivity index (χ0v) is 18.3. The molecule has 0 aliphatic carbocycles. The molecule has 0 radical (unpaired) electrons. The number of rotatable bonds is 7. The van der Waals surface area contributed by atoms with Crippen LogP contribution in [0.3, 0.4) is 0 Å². The number of hydrogen-bond acceptors (Lipinski definition) is 6. The van der Waals surface area contributed by atoms with Crippen molar-refractivity contribution in [3.63, 3.8) is 0 Å². The molecule has 3 heterocycles. The lowest BCUT2D eigenvalue weighted by molar-refractivity contribution is -0.113. The van der Waals surface area contributed by atoms with Gasteiger partial charge in [0.25, 0.3) is 0 Å². The van der Waals surface area contributed by atoms with Crippen LogP contribution in [0, 0.1) is 17.6 Å². The Balaban J connectivity index is 1.45. The number of carbonyl (C=O) groups is 1. The molecule has 1 N–H and O–H groups in total. The maximum absolute atomic E-state index is 13.8. The number of nitrogens with zero attached hydrogens (tertiary/aromatic N) is 4. The molecule has 0 saturated carbocycles. The van der Waals surface area contributed by atoms with E-state index < -0.39 is 17.5 Å². The van der Waals surface area contributed by atoms with Gasteiger partial charge in [-0.2, -0.15) is 0 Å². The number of hydrogen-bond donors (Lipinski definition) is 1. The van der Waals surface area contributed by atoms with E-state index in [1.165, 1.54) is 11.8 Å². The van der Waals surface area contributed by atoms with Crippen LogP contribution < -0.4 is 10.2 Å². The molecule has 0 spiro atoms. The highest BCUT2D eigenvalue weighted by Gasteiger charge is 2.26. The van der Waals surface area contributed by atoms with Gasteiger partial charge in [-0.1, -0.05) is 18.7 Å². The highest BCUT2D eigenvalue weighted by atomic mass is 32.2. The van der Waals surface area contributed by atoms with Crippen molar-refractivity contribution in [2.45, 2.75) is 50.4 Å². The molecular weight excluding hydrogens is 424 g/mol. The summed E-state index contributed by atoms with van der Waals surface area (Å²) < 4.78 is 35.0.